The van der Waals surface area contributed by atoms with Gasteiger partial charge in [0.15, 0.2) is 0 Å². The summed E-state index contributed by atoms with van der Waals surface area (Å²) in [5.74, 6) is 0.716. The molecule has 2 atom stereocenters. The minimum Gasteiger partial charge on any atom is -0.393 e. The first-order valence-electron chi connectivity index (χ1n) is 16.2. The lowest BCUT2D eigenvalue weighted by Crippen LogP contribution is -2.34. The molecule has 1 aliphatic rings. The summed E-state index contributed by atoms with van der Waals surface area (Å²) in [7, 11) is 0. The van der Waals surface area contributed by atoms with E-state index in [0.29, 0.717) is 5.92 Å². The van der Waals surface area contributed by atoms with E-state index in [9.17, 15) is 5.11 Å². The molecule has 0 amide bonds. The second-order valence-corrected chi connectivity index (χ2v) is 11.4. The maximum absolute atomic E-state index is 10.1. The summed E-state index contributed by atoms with van der Waals surface area (Å²) in [6, 6.07) is 0. The molecule has 0 spiro atoms. The molecule has 1 N–H and O–H groups in total. The van der Waals surface area contributed by atoms with E-state index in [0.717, 1.165) is 19.1 Å². The molecule has 4 heteroatoms. The Morgan fingerprint density at radius 3 is 1.92 bits per heavy atom. The van der Waals surface area contributed by atoms with Crippen molar-refractivity contribution < 1.29 is 9.90 Å². The molecule has 0 aromatic rings. The van der Waals surface area contributed by atoms with Crippen molar-refractivity contribution in [2.45, 2.75) is 156 Å². The smallest absolute Gasteiger partial charge is 0.116 e. The number of aliphatic hydroxyl groups is 1. The highest BCUT2D eigenvalue weighted by Crippen LogP contribution is 2.25. The van der Waals surface area contributed by atoms with Crippen molar-refractivity contribution in [3.63, 3.8) is 0 Å². The molecule has 0 aliphatic heterocycles. The average molecular weight is 523 g/mol. The molecule has 0 aromatic heterocycles. The van der Waals surface area contributed by atoms with Gasteiger partial charge in [-0.05, 0) is 83.7 Å². The fraction of sp³-hybridized carbons (Fsp3) is 0.909. The van der Waals surface area contributed by atoms with Crippen molar-refractivity contribution in [2.24, 2.45) is 5.92 Å². The topological polar surface area (TPSA) is 43.8 Å². The minimum absolute atomic E-state index is 0.0420. The average Bonchev–Trinajstić information content (AvgIpc) is 2.88. The number of allylic oxidation sites excluding steroid dienone is 1. The van der Waals surface area contributed by atoms with Crippen LogP contribution in [0.25, 0.3) is 0 Å². The second kappa shape index (κ2) is 26.7. The third-order valence-corrected chi connectivity index (χ3v) is 7.76. The summed E-state index contributed by atoms with van der Waals surface area (Å²) in [5, 5.41) is 10.1. The van der Waals surface area contributed by atoms with E-state index in [2.05, 4.69) is 37.1 Å². The molecule has 1 rings (SSSR count). The van der Waals surface area contributed by atoms with Gasteiger partial charge in [-0.25, -0.2) is 0 Å². The molecule has 1 fully saturated rings. The number of rotatable bonds is 23. The van der Waals surface area contributed by atoms with E-state index < -0.39 is 0 Å². The first-order chi connectivity index (χ1) is 18.0. The first-order valence-corrected chi connectivity index (χ1v) is 16.2. The molecule has 0 saturated heterocycles. The SMILES string of the molecule is C=C(CCCCCCCN(CCCCCCCC)CC1CCCC(O)C1)N(CCC)CCCC.CC=O. The fourth-order valence-corrected chi connectivity index (χ4v) is 5.60. The van der Waals surface area contributed by atoms with Crippen molar-refractivity contribution in [1.82, 2.24) is 9.80 Å². The number of aldehydes is 1. The maximum Gasteiger partial charge on any atom is 0.116 e. The minimum atomic E-state index is -0.0420. The van der Waals surface area contributed by atoms with E-state index >= 15 is 0 Å². The van der Waals surface area contributed by atoms with Gasteiger partial charge in [0, 0.05) is 25.3 Å². The van der Waals surface area contributed by atoms with Crippen LogP contribution < -0.4 is 0 Å². The van der Waals surface area contributed by atoms with Crippen LogP contribution in [0.15, 0.2) is 12.3 Å². The molecule has 0 aromatic carbocycles. The second-order valence-electron chi connectivity index (χ2n) is 11.4. The van der Waals surface area contributed by atoms with Crippen molar-refractivity contribution >= 4 is 6.29 Å². The molecular formula is C33H66N2O2. The Balaban J connectivity index is 0.00000410. The Labute approximate surface area is 232 Å². The van der Waals surface area contributed by atoms with Crippen molar-refractivity contribution in [1.29, 1.82) is 0 Å². The Hall–Kier alpha value is -0.870. The van der Waals surface area contributed by atoms with Crippen LogP contribution in [0.3, 0.4) is 0 Å². The zero-order valence-electron chi connectivity index (χ0n) is 25.7. The van der Waals surface area contributed by atoms with Gasteiger partial charge in [-0.1, -0.05) is 91.6 Å². The normalized spacial score (nSPS) is 17.4. The van der Waals surface area contributed by atoms with Gasteiger partial charge >= 0.3 is 0 Å². The Morgan fingerprint density at radius 1 is 0.784 bits per heavy atom. The number of hydrogen-bond acceptors (Lipinski definition) is 4. The van der Waals surface area contributed by atoms with Crippen LogP contribution in [0, 0.1) is 5.92 Å². The van der Waals surface area contributed by atoms with E-state index in [-0.39, 0.29) is 6.10 Å². The highest BCUT2D eigenvalue weighted by atomic mass is 16.3. The summed E-state index contributed by atoms with van der Waals surface area (Å²) in [6.45, 7) is 18.8. The molecule has 4 nitrogen and oxygen atoms in total. The highest BCUT2D eigenvalue weighted by molar-refractivity contribution is 5.44. The van der Waals surface area contributed by atoms with E-state index in [1.807, 2.05) is 0 Å². The summed E-state index contributed by atoms with van der Waals surface area (Å²) < 4.78 is 0. The van der Waals surface area contributed by atoms with E-state index in [1.54, 1.807) is 0 Å². The standard InChI is InChI=1S/C31H62N2O.C2H4O/c1-5-8-10-11-14-17-24-32(28-30-21-19-22-31(34)27-30)25-18-15-12-13-16-20-29(4)33(23-7-3)26-9-6-2;1-2-3/h30-31,34H,4-28H2,1-3H3;2H,1H3. The third kappa shape index (κ3) is 21.7. The number of nitrogens with zero attached hydrogens (tertiary/aromatic N) is 2. The molecule has 1 saturated carbocycles. The van der Waals surface area contributed by atoms with Crippen LogP contribution in [0.5, 0.6) is 0 Å². The van der Waals surface area contributed by atoms with Crippen LogP contribution in [0.2, 0.25) is 0 Å². The molecule has 1 aliphatic carbocycles. The lowest BCUT2D eigenvalue weighted by atomic mass is 9.87. The Bertz CT molecular complexity index is 511. The highest BCUT2D eigenvalue weighted by Gasteiger charge is 2.22. The first kappa shape index (κ1) is 36.1. The Kier molecular flexibility index (Phi) is 26.1. The fourth-order valence-electron chi connectivity index (χ4n) is 5.60. The number of hydrogen-bond donors (Lipinski definition) is 1. The quantitative estimate of drug-likeness (QED) is 0.108. The van der Waals surface area contributed by atoms with Gasteiger partial charge in [0.25, 0.3) is 0 Å². The van der Waals surface area contributed by atoms with Gasteiger partial charge in [-0.3, -0.25) is 0 Å². The summed E-state index contributed by atoms with van der Waals surface area (Å²) >= 11 is 0. The summed E-state index contributed by atoms with van der Waals surface area (Å²) in [5.41, 5.74) is 1.37. The zero-order valence-corrected chi connectivity index (χ0v) is 25.7. The van der Waals surface area contributed by atoms with Gasteiger partial charge in [-0.2, -0.15) is 0 Å². The van der Waals surface area contributed by atoms with Crippen LogP contribution in [-0.2, 0) is 4.79 Å². The molecule has 2 unspecified atom stereocenters. The van der Waals surface area contributed by atoms with E-state index in [1.165, 1.54) is 154 Å². The molecule has 220 valence electrons. The van der Waals surface area contributed by atoms with Gasteiger partial charge < -0.3 is 19.7 Å². The molecular weight excluding hydrogens is 456 g/mol. The number of unbranched alkanes of at least 4 members (excludes halogenated alkanes) is 10. The lowest BCUT2D eigenvalue weighted by molar-refractivity contribution is -0.106. The van der Waals surface area contributed by atoms with Gasteiger partial charge in [0.1, 0.15) is 6.29 Å². The van der Waals surface area contributed by atoms with Crippen molar-refractivity contribution in [2.75, 3.05) is 32.7 Å². The number of carbonyl (C=O) groups is 1. The molecule has 0 bridgehead atoms. The van der Waals surface area contributed by atoms with Crippen LogP contribution in [0.4, 0.5) is 0 Å². The number of carbonyl (C=O) groups excluding carboxylic acids is 1. The lowest BCUT2D eigenvalue weighted by Gasteiger charge is -2.31. The predicted molar refractivity (Wildman–Crippen MR) is 163 cm³/mol. The third-order valence-electron chi connectivity index (χ3n) is 7.76. The van der Waals surface area contributed by atoms with Gasteiger partial charge in [0.2, 0.25) is 0 Å². The van der Waals surface area contributed by atoms with Crippen LogP contribution in [-0.4, -0.2) is 60.0 Å². The monoisotopic (exact) mass is 523 g/mol. The zero-order chi connectivity index (χ0) is 27.6. The summed E-state index contributed by atoms with van der Waals surface area (Å²) in [6.07, 6.45) is 25.3. The largest absolute Gasteiger partial charge is 0.393 e. The Morgan fingerprint density at radius 2 is 1.35 bits per heavy atom. The van der Waals surface area contributed by atoms with Crippen molar-refractivity contribution in [3.8, 4) is 0 Å². The molecule has 0 radical (unpaired) electrons. The van der Waals surface area contributed by atoms with Gasteiger partial charge in [-0.15, -0.1) is 0 Å². The van der Waals surface area contributed by atoms with Crippen molar-refractivity contribution in [3.05, 3.63) is 12.3 Å². The molecule has 0 heterocycles. The van der Waals surface area contributed by atoms with Crippen LogP contribution >= 0.6 is 0 Å². The van der Waals surface area contributed by atoms with Gasteiger partial charge in [0.05, 0.1) is 6.10 Å². The number of aliphatic hydroxyl groups excluding tert-OH is 1. The summed E-state index contributed by atoms with van der Waals surface area (Å²) in [4.78, 5) is 14.1. The van der Waals surface area contributed by atoms with E-state index in [4.69, 9.17) is 4.79 Å². The predicted octanol–water partition coefficient (Wildman–Crippen LogP) is 8.77. The molecule has 37 heavy (non-hydrogen) atoms. The maximum atomic E-state index is 10.1. The van der Waals surface area contributed by atoms with Crippen LogP contribution in [0.1, 0.15) is 150 Å².